The summed E-state index contributed by atoms with van der Waals surface area (Å²) in [5.74, 6) is -0.0232. The van der Waals surface area contributed by atoms with Gasteiger partial charge >= 0.3 is 0 Å². The highest BCUT2D eigenvalue weighted by molar-refractivity contribution is 7.86. The van der Waals surface area contributed by atoms with Crippen molar-refractivity contribution in [1.29, 1.82) is 0 Å². The maximum atomic E-state index is 12.3. The van der Waals surface area contributed by atoms with Gasteiger partial charge in [0.25, 0.3) is 0 Å². The van der Waals surface area contributed by atoms with Gasteiger partial charge in [0.1, 0.15) is 5.75 Å². The number of nitrogens with one attached hydrogen (secondary N) is 1. The summed E-state index contributed by atoms with van der Waals surface area (Å²) in [6, 6.07) is 6.50. The summed E-state index contributed by atoms with van der Waals surface area (Å²) >= 11 is 0. The molecule has 0 radical (unpaired) electrons. The number of carbonyl (C=O) groups is 1. The molecule has 2 aliphatic rings. The maximum Gasteiger partial charge on any atom is 0.233 e. The topological polar surface area (TPSA) is 55.4 Å². The predicted molar refractivity (Wildman–Crippen MR) is 96.5 cm³/mol. The Morgan fingerprint density at radius 1 is 1.25 bits per heavy atom. The molecule has 0 aromatic heterocycles. The first-order valence-corrected chi connectivity index (χ1v) is 10.4. The summed E-state index contributed by atoms with van der Waals surface area (Å²) in [5, 5.41) is 3.11. The van der Waals surface area contributed by atoms with Crippen LogP contribution in [0.4, 0.5) is 0 Å². The zero-order chi connectivity index (χ0) is 16.9. The van der Waals surface area contributed by atoms with E-state index in [2.05, 4.69) is 23.5 Å². The van der Waals surface area contributed by atoms with Gasteiger partial charge in [-0.3, -0.25) is 9.00 Å². The van der Waals surface area contributed by atoms with Gasteiger partial charge in [-0.05, 0) is 62.1 Å². The molecule has 1 heterocycles. The van der Waals surface area contributed by atoms with Crippen molar-refractivity contribution in [3.8, 4) is 0 Å². The smallest absolute Gasteiger partial charge is 0.233 e. The molecule has 1 aliphatic carbocycles. The van der Waals surface area contributed by atoms with E-state index in [1.807, 2.05) is 6.92 Å². The van der Waals surface area contributed by atoms with Gasteiger partial charge < -0.3 is 10.1 Å². The Bertz CT molecular complexity index is 611. The molecule has 0 spiro atoms. The van der Waals surface area contributed by atoms with Crippen LogP contribution >= 0.6 is 0 Å². The fraction of sp³-hybridized carbons (Fsp3) is 0.632. The van der Waals surface area contributed by atoms with E-state index in [9.17, 15) is 9.00 Å². The minimum atomic E-state index is -1.10. The highest BCUT2D eigenvalue weighted by Crippen LogP contribution is 2.24. The van der Waals surface area contributed by atoms with Crippen LogP contribution in [0.2, 0.25) is 0 Å². The molecule has 1 aliphatic heterocycles. The first kappa shape index (κ1) is 17.6. The molecule has 132 valence electrons. The lowest BCUT2D eigenvalue weighted by atomic mass is 9.89. The number of ether oxygens (including phenoxy) is 1. The van der Waals surface area contributed by atoms with Gasteiger partial charge in [-0.15, -0.1) is 0 Å². The fourth-order valence-corrected chi connectivity index (χ4v) is 4.87. The third kappa shape index (κ3) is 4.45. The largest absolute Gasteiger partial charge is 0.381 e. The van der Waals surface area contributed by atoms with Crippen LogP contribution in [0.25, 0.3) is 0 Å². The Morgan fingerprint density at radius 3 is 2.71 bits per heavy atom. The molecule has 1 aromatic carbocycles. The maximum absolute atomic E-state index is 12.3. The number of amides is 1. The Morgan fingerprint density at radius 2 is 1.96 bits per heavy atom. The van der Waals surface area contributed by atoms with E-state index in [1.54, 1.807) is 0 Å². The van der Waals surface area contributed by atoms with Crippen LogP contribution in [0.3, 0.4) is 0 Å². The van der Waals surface area contributed by atoms with Gasteiger partial charge in [0.2, 0.25) is 5.91 Å². The number of fused-ring (bicyclic) bond motifs is 1. The Labute approximate surface area is 146 Å². The van der Waals surface area contributed by atoms with Crippen molar-refractivity contribution < 1.29 is 13.7 Å². The van der Waals surface area contributed by atoms with Gasteiger partial charge in [-0.2, -0.15) is 0 Å². The lowest BCUT2D eigenvalue weighted by molar-refractivity contribution is -0.119. The zero-order valence-corrected chi connectivity index (χ0v) is 15.2. The number of aryl methyl sites for hydroxylation is 2. The van der Waals surface area contributed by atoms with Gasteiger partial charge in [0.05, 0.1) is 6.04 Å². The summed E-state index contributed by atoms with van der Waals surface area (Å²) in [6.07, 6.45) is 6.41. The number of carbonyl (C=O) groups excluding carboxylic acids is 1. The lowest BCUT2D eigenvalue weighted by Crippen LogP contribution is -2.35. The van der Waals surface area contributed by atoms with Crippen molar-refractivity contribution >= 4 is 16.7 Å². The van der Waals surface area contributed by atoms with Gasteiger partial charge in [-0.1, -0.05) is 18.2 Å². The second-order valence-electron chi connectivity index (χ2n) is 6.86. The molecule has 1 amide bonds. The van der Waals surface area contributed by atoms with Crippen molar-refractivity contribution in [2.75, 3.05) is 19.0 Å². The van der Waals surface area contributed by atoms with Crippen molar-refractivity contribution in [1.82, 2.24) is 5.32 Å². The molecule has 5 heteroatoms. The molecule has 1 saturated heterocycles. The average Bonchev–Trinajstić information content (AvgIpc) is 2.61. The van der Waals surface area contributed by atoms with Crippen LogP contribution in [0, 0.1) is 0 Å². The molecule has 3 rings (SSSR count). The van der Waals surface area contributed by atoms with E-state index >= 15 is 0 Å². The molecule has 4 nitrogen and oxygen atoms in total. The van der Waals surface area contributed by atoms with E-state index in [4.69, 9.17) is 4.74 Å². The van der Waals surface area contributed by atoms with Gasteiger partial charge in [0.15, 0.2) is 0 Å². The van der Waals surface area contributed by atoms with Gasteiger partial charge in [-0.25, -0.2) is 0 Å². The molecule has 0 saturated carbocycles. The van der Waals surface area contributed by atoms with Crippen LogP contribution in [0.1, 0.15) is 55.3 Å². The molecular weight excluding hydrogens is 322 g/mol. The summed E-state index contributed by atoms with van der Waals surface area (Å²) in [4.78, 5) is 12.2. The van der Waals surface area contributed by atoms with Crippen LogP contribution in [-0.2, 0) is 33.2 Å². The Balaban J connectivity index is 1.54. The average molecular weight is 349 g/mol. The highest BCUT2D eigenvalue weighted by Gasteiger charge is 2.23. The number of hydrogen-bond acceptors (Lipinski definition) is 3. The summed E-state index contributed by atoms with van der Waals surface area (Å²) in [5.41, 5.74) is 4.01. The van der Waals surface area contributed by atoms with E-state index in [-0.39, 0.29) is 23.0 Å². The minimum absolute atomic E-state index is 0.0450. The SMILES string of the molecule is C[C@@H](NC(=O)C[S@@](=O)C1CCOCC1)c1ccc2c(c1)CCCC2. The molecule has 1 fully saturated rings. The minimum Gasteiger partial charge on any atom is -0.381 e. The standard InChI is InChI=1S/C19H27NO3S/c1-14(16-7-6-15-4-2-3-5-17(15)12-16)20-19(21)13-24(22)18-8-10-23-11-9-18/h6-7,12,14,18H,2-5,8-11,13H2,1H3,(H,20,21)/t14-,24-/m1/s1. The molecule has 1 aromatic rings. The molecule has 2 atom stereocenters. The van der Waals surface area contributed by atoms with E-state index < -0.39 is 10.8 Å². The van der Waals surface area contributed by atoms with Crippen LogP contribution < -0.4 is 5.32 Å². The normalized spacial score (nSPS) is 20.9. The van der Waals surface area contributed by atoms with Crippen LogP contribution in [0.5, 0.6) is 0 Å². The molecule has 0 bridgehead atoms. The van der Waals surface area contributed by atoms with E-state index in [0.29, 0.717) is 13.2 Å². The van der Waals surface area contributed by atoms with Crippen LogP contribution in [-0.4, -0.2) is 34.3 Å². The predicted octanol–water partition coefficient (Wildman–Crippen LogP) is 2.67. The monoisotopic (exact) mass is 349 g/mol. The fourth-order valence-electron chi connectivity index (χ4n) is 3.58. The second-order valence-corrected chi connectivity index (χ2v) is 8.58. The Kier molecular flexibility index (Phi) is 6.06. The second kappa shape index (κ2) is 8.26. The van der Waals surface area contributed by atoms with Crippen molar-refractivity contribution in [2.24, 2.45) is 0 Å². The number of hydrogen-bond donors (Lipinski definition) is 1. The highest BCUT2D eigenvalue weighted by atomic mass is 32.2. The summed E-state index contributed by atoms with van der Waals surface area (Å²) < 4.78 is 17.6. The first-order valence-electron chi connectivity index (χ1n) is 8.99. The first-order chi connectivity index (χ1) is 11.6. The van der Waals surface area contributed by atoms with Crippen molar-refractivity contribution in [3.05, 3.63) is 34.9 Å². The lowest BCUT2D eigenvalue weighted by Gasteiger charge is -2.22. The third-order valence-electron chi connectivity index (χ3n) is 5.06. The van der Waals surface area contributed by atoms with Crippen LogP contribution in [0.15, 0.2) is 18.2 Å². The van der Waals surface area contributed by atoms with E-state index in [0.717, 1.165) is 24.8 Å². The molecule has 24 heavy (non-hydrogen) atoms. The van der Waals surface area contributed by atoms with E-state index in [1.165, 1.54) is 30.4 Å². The number of benzene rings is 1. The third-order valence-corrected chi connectivity index (χ3v) is 6.83. The molecular formula is C19H27NO3S. The molecule has 1 N–H and O–H groups in total. The van der Waals surface area contributed by atoms with Gasteiger partial charge in [0, 0.05) is 29.3 Å². The quantitative estimate of drug-likeness (QED) is 0.889. The Hall–Kier alpha value is -1.20. The summed E-state index contributed by atoms with van der Waals surface area (Å²) in [7, 11) is -1.10. The van der Waals surface area contributed by atoms with Crippen molar-refractivity contribution in [3.63, 3.8) is 0 Å². The summed E-state index contributed by atoms with van der Waals surface area (Å²) in [6.45, 7) is 3.31. The number of rotatable bonds is 5. The van der Waals surface area contributed by atoms with Crippen molar-refractivity contribution in [2.45, 2.75) is 56.7 Å². The zero-order valence-electron chi connectivity index (χ0n) is 14.4. The molecule has 0 unspecified atom stereocenters.